The summed E-state index contributed by atoms with van der Waals surface area (Å²) in [5.41, 5.74) is 7.39. The summed E-state index contributed by atoms with van der Waals surface area (Å²) in [7, 11) is 3.65. The fraction of sp³-hybridized carbons (Fsp3) is 0.273. The lowest BCUT2D eigenvalue weighted by Crippen LogP contribution is -2.17. The molecule has 2 heteroatoms. The Kier molecular flexibility index (Phi) is 6.80. The van der Waals surface area contributed by atoms with Crippen molar-refractivity contribution in [1.29, 1.82) is 0 Å². The molecule has 1 nitrogen and oxygen atoms in total. The van der Waals surface area contributed by atoms with E-state index in [1.807, 2.05) is 6.92 Å². The first-order valence-electron chi connectivity index (χ1n) is 8.25. The van der Waals surface area contributed by atoms with E-state index in [-0.39, 0.29) is 0 Å². The minimum Gasteiger partial charge on any atom is -0.303 e. The molecular weight excluding hydrogens is 309 g/mol. The van der Waals surface area contributed by atoms with Gasteiger partial charge in [-0.3, -0.25) is 0 Å². The number of hydrogen-bond acceptors (Lipinski definition) is 1. The molecule has 0 fully saturated rings. The average Bonchev–Trinajstić information content (AvgIpc) is 2.61. The van der Waals surface area contributed by atoms with Gasteiger partial charge in [-0.25, -0.2) is 0 Å². The van der Waals surface area contributed by atoms with Crippen LogP contribution in [0.2, 0.25) is 0 Å². The van der Waals surface area contributed by atoms with Crippen LogP contribution in [-0.4, -0.2) is 19.0 Å². The van der Waals surface area contributed by atoms with Crippen molar-refractivity contribution in [1.82, 2.24) is 4.90 Å². The molecule has 0 aliphatic heterocycles. The van der Waals surface area contributed by atoms with Gasteiger partial charge in [0.1, 0.15) is 0 Å². The smallest absolute Gasteiger partial charge is 0.0319 e. The Bertz CT molecular complexity index is 750. The number of nitrogens with zero attached hydrogens (tertiary/aromatic N) is 1. The topological polar surface area (TPSA) is 3.24 Å². The molecule has 2 aromatic rings. The van der Waals surface area contributed by atoms with Crippen molar-refractivity contribution in [2.45, 2.75) is 26.8 Å². The lowest BCUT2D eigenvalue weighted by molar-refractivity contribution is 0.321. The van der Waals surface area contributed by atoms with E-state index in [4.69, 9.17) is 0 Å². The van der Waals surface area contributed by atoms with Crippen LogP contribution in [-0.2, 0) is 0 Å². The second-order valence-electron chi connectivity index (χ2n) is 6.11. The van der Waals surface area contributed by atoms with E-state index in [0.717, 1.165) is 0 Å². The maximum absolute atomic E-state index is 3.40. The van der Waals surface area contributed by atoms with Crippen LogP contribution in [0.4, 0.5) is 0 Å². The van der Waals surface area contributed by atoms with E-state index in [1.165, 1.54) is 22.0 Å². The highest BCUT2D eigenvalue weighted by atomic mass is 31.1. The molecular formula is C22H26NP. The van der Waals surface area contributed by atoms with Crippen LogP contribution < -0.4 is 5.30 Å². The van der Waals surface area contributed by atoms with Crippen LogP contribution in [0.5, 0.6) is 0 Å². The summed E-state index contributed by atoms with van der Waals surface area (Å²) in [6, 6.07) is 19.7. The summed E-state index contributed by atoms with van der Waals surface area (Å²) in [4.78, 5) is 2.25. The van der Waals surface area contributed by atoms with E-state index in [0.29, 0.717) is 6.04 Å². The van der Waals surface area contributed by atoms with Crippen LogP contribution in [0.3, 0.4) is 0 Å². The van der Waals surface area contributed by atoms with E-state index < -0.39 is 7.92 Å². The van der Waals surface area contributed by atoms with Crippen molar-refractivity contribution >= 4 is 18.8 Å². The van der Waals surface area contributed by atoms with Gasteiger partial charge in [0.2, 0.25) is 0 Å². The fourth-order valence-electron chi connectivity index (χ4n) is 2.64. The molecule has 0 N–H and O–H groups in total. The largest absolute Gasteiger partial charge is 0.303 e. The molecule has 1 unspecified atom stereocenters. The van der Waals surface area contributed by atoms with Crippen molar-refractivity contribution in [2.24, 2.45) is 0 Å². The third-order valence-electron chi connectivity index (χ3n) is 4.20. The summed E-state index contributed by atoms with van der Waals surface area (Å²) in [5, 5.41) is 1.30. The number of allylic oxidation sites excluding steroid dienone is 1. The van der Waals surface area contributed by atoms with Gasteiger partial charge in [0.15, 0.2) is 0 Å². The standard InChI is InChI=1S/C22H26NP/c1-6-16-24(20-12-8-7-9-13-20)17-18(2)21-14-10-11-15-22(21)19(3)23(4)5/h7-15,17,19H,1-5H3/b18-17+/t19-,24?/m1/s1. The molecule has 2 atom stereocenters. The van der Waals surface area contributed by atoms with Gasteiger partial charge in [-0.1, -0.05) is 60.3 Å². The molecule has 0 aliphatic rings. The zero-order valence-corrected chi connectivity index (χ0v) is 16.1. The van der Waals surface area contributed by atoms with Gasteiger partial charge < -0.3 is 4.90 Å². The highest BCUT2D eigenvalue weighted by Crippen LogP contribution is 2.39. The fourth-order valence-corrected chi connectivity index (χ4v) is 4.25. The molecule has 24 heavy (non-hydrogen) atoms. The Hall–Kier alpha value is -1.87. The van der Waals surface area contributed by atoms with E-state index in [2.05, 4.69) is 105 Å². The third-order valence-corrected chi connectivity index (χ3v) is 6.16. The first-order chi connectivity index (χ1) is 11.5. The van der Waals surface area contributed by atoms with Crippen molar-refractivity contribution in [3.05, 3.63) is 71.5 Å². The first-order valence-corrected chi connectivity index (χ1v) is 9.66. The summed E-state index contributed by atoms with van der Waals surface area (Å²) in [6.07, 6.45) is 0. The van der Waals surface area contributed by atoms with Gasteiger partial charge in [0.05, 0.1) is 0 Å². The number of hydrogen-bond donors (Lipinski definition) is 0. The molecule has 0 radical (unpaired) electrons. The van der Waals surface area contributed by atoms with Crippen LogP contribution in [0.15, 0.2) is 60.4 Å². The molecule has 2 rings (SSSR count). The Morgan fingerprint density at radius 2 is 1.67 bits per heavy atom. The summed E-state index contributed by atoms with van der Waals surface area (Å²) in [6.45, 7) is 6.37. The number of benzene rings is 2. The van der Waals surface area contributed by atoms with Crippen LogP contribution >= 0.6 is 7.92 Å². The van der Waals surface area contributed by atoms with E-state index >= 15 is 0 Å². The van der Waals surface area contributed by atoms with Crippen LogP contribution in [0.25, 0.3) is 5.57 Å². The van der Waals surface area contributed by atoms with E-state index in [9.17, 15) is 0 Å². The van der Waals surface area contributed by atoms with Crippen molar-refractivity contribution < 1.29 is 0 Å². The van der Waals surface area contributed by atoms with Gasteiger partial charge in [0, 0.05) is 14.0 Å². The first kappa shape index (κ1) is 18.5. The maximum Gasteiger partial charge on any atom is 0.0319 e. The van der Waals surface area contributed by atoms with Crippen molar-refractivity contribution in [3.63, 3.8) is 0 Å². The molecule has 0 amide bonds. The highest BCUT2D eigenvalue weighted by molar-refractivity contribution is 7.73. The Morgan fingerprint density at radius 3 is 2.29 bits per heavy atom. The highest BCUT2D eigenvalue weighted by Gasteiger charge is 2.14. The van der Waals surface area contributed by atoms with Crippen LogP contribution in [0.1, 0.15) is 37.9 Å². The van der Waals surface area contributed by atoms with Gasteiger partial charge >= 0.3 is 0 Å². The molecule has 0 heterocycles. The maximum atomic E-state index is 3.40. The molecule has 0 spiro atoms. The zero-order valence-electron chi connectivity index (χ0n) is 15.2. The van der Waals surface area contributed by atoms with Gasteiger partial charge in [0.25, 0.3) is 0 Å². The normalized spacial score (nSPS) is 14.0. The lowest BCUT2D eigenvalue weighted by atomic mass is 9.97. The SMILES string of the molecule is CC#CP(/C=C(\C)c1ccccc1[C@@H](C)N(C)C)c1ccccc1. The van der Waals surface area contributed by atoms with Gasteiger partial charge in [-0.15, -0.1) is 5.92 Å². The predicted molar refractivity (Wildman–Crippen MR) is 109 cm³/mol. The molecule has 0 aromatic heterocycles. The Morgan fingerprint density at radius 1 is 1.04 bits per heavy atom. The second kappa shape index (κ2) is 8.84. The average molecular weight is 335 g/mol. The Labute approximate surface area is 148 Å². The molecule has 124 valence electrons. The van der Waals surface area contributed by atoms with Crippen LogP contribution in [0, 0.1) is 11.6 Å². The summed E-state index contributed by atoms with van der Waals surface area (Å²) >= 11 is 0. The second-order valence-corrected chi connectivity index (χ2v) is 7.84. The molecule has 0 saturated carbocycles. The summed E-state index contributed by atoms with van der Waals surface area (Å²) < 4.78 is 0. The quantitative estimate of drug-likeness (QED) is 0.518. The minimum absolute atomic E-state index is 0.379. The van der Waals surface area contributed by atoms with Gasteiger partial charge in [-0.2, -0.15) is 0 Å². The summed E-state index contributed by atoms with van der Waals surface area (Å²) in [5.74, 6) is 5.45. The molecule has 2 aromatic carbocycles. The zero-order chi connectivity index (χ0) is 17.5. The third kappa shape index (κ3) is 4.57. The number of rotatable bonds is 5. The van der Waals surface area contributed by atoms with Crippen molar-refractivity contribution in [2.75, 3.05) is 14.1 Å². The minimum atomic E-state index is -0.603. The monoisotopic (exact) mass is 335 g/mol. The Balaban J connectivity index is 2.44. The molecule has 0 saturated heterocycles. The van der Waals surface area contributed by atoms with Gasteiger partial charge in [-0.05, 0) is 62.7 Å². The lowest BCUT2D eigenvalue weighted by Gasteiger charge is -2.23. The molecule has 0 bridgehead atoms. The van der Waals surface area contributed by atoms with E-state index in [1.54, 1.807) is 0 Å². The van der Waals surface area contributed by atoms with Crippen molar-refractivity contribution in [3.8, 4) is 11.6 Å². The molecule has 0 aliphatic carbocycles. The predicted octanol–water partition coefficient (Wildman–Crippen LogP) is 5.46.